The molecule has 128 valence electrons. The number of likely N-dealkylation sites (tertiary alicyclic amines) is 1. The third kappa shape index (κ3) is 3.17. The minimum atomic E-state index is 0.0214. The van der Waals surface area contributed by atoms with E-state index >= 15 is 0 Å². The average molecular weight is 336 g/mol. The van der Waals surface area contributed by atoms with Crippen LogP contribution in [0.4, 0.5) is 0 Å². The summed E-state index contributed by atoms with van der Waals surface area (Å²) < 4.78 is 3.65. The number of hydrogen-bond donors (Lipinski definition) is 0. The topological polar surface area (TPSA) is 68.8 Å². The molecule has 4 rings (SSSR count). The molecule has 0 spiro atoms. The number of hydrogen-bond acceptors (Lipinski definition) is 4. The standard InChI is InChI=1S/C18H20N6O/c1-14-10-21-24(12-14)16-4-2-8-22(13-16)18(25)15-5-6-17(19-11-15)23-9-3-7-20-23/h3,5-7,9-12,16H,2,4,8,13H2,1H3/t16-/m0/s1. The number of carbonyl (C=O) groups excluding carboxylic acids is 1. The lowest BCUT2D eigenvalue weighted by molar-refractivity contribution is 0.0672. The Balaban J connectivity index is 1.48. The van der Waals surface area contributed by atoms with E-state index in [1.807, 2.05) is 53.3 Å². The highest BCUT2D eigenvalue weighted by molar-refractivity contribution is 5.94. The predicted octanol–water partition coefficient (Wildman–Crippen LogP) is 2.25. The van der Waals surface area contributed by atoms with Gasteiger partial charge in [-0.15, -0.1) is 0 Å². The second-order valence-corrected chi connectivity index (χ2v) is 6.40. The van der Waals surface area contributed by atoms with Gasteiger partial charge in [0.1, 0.15) is 0 Å². The van der Waals surface area contributed by atoms with Gasteiger partial charge >= 0.3 is 0 Å². The Bertz CT molecular complexity index is 852. The van der Waals surface area contributed by atoms with Crippen LogP contribution in [-0.2, 0) is 0 Å². The molecule has 0 unspecified atom stereocenters. The number of amides is 1. The Morgan fingerprint density at radius 1 is 1.24 bits per heavy atom. The minimum absolute atomic E-state index is 0.0214. The highest BCUT2D eigenvalue weighted by atomic mass is 16.2. The van der Waals surface area contributed by atoms with Crippen LogP contribution in [-0.4, -0.2) is 48.4 Å². The van der Waals surface area contributed by atoms with Gasteiger partial charge in [-0.05, 0) is 43.5 Å². The van der Waals surface area contributed by atoms with Crippen molar-refractivity contribution in [3.8, 4) is 5.82 Å². The Hall–Kier alpha value is -2.96. The van der Waals surface area contributed by atoms with Crippen LogP contribution < -0.4 is 0 Å². The van der Waals surface area contributed by atoms with Crippen molar-refractivity contribution >= 4 is 5.91 Å². The maximum Gasteiger partial charge on any atom is 0.255 e. The molecule has 4 heterocycles. The number of pyridine rings is 1. The van der Waals surface area contributed by atoms with Gasteiger partial charge in [-0.3, -0.25) is 9.48 Å². The fourth-order valence-electron chi connectivity index (χ4n) is 3.22. The average Bonchev–Trinajstić information content (AvgIpc) is 3.33. The molecule has 1 aliphatic heterocycles. The van der Waals surface area contributed by atoms with Gasteiger partial charge in [0.25, 0.3) is 5.91 Å². The van der Waals surface area contributed by atoms with Gasteiger partial charge in [0.05, 0.1) is 17.8 Å². The van der Waals surface area contributed by atoms with E-state index in [1.54, 1.807) is 17.1 Å². The second kappa shape index (κ2) is 6.51. The van der Waals surface area contributed by atoms with Gasteiger partial charge in [-0.2, -0.15) is 10.2 Å². The summed E-state index contributed by atoms with van der Waals surface area (Å²) in [5.41, 5.74) is 1.75. The van der Waals surface area contributed by atoms with Crippen LogP contribution in [0.5, 0.6) is 0 Å². The molecule has 0 N–H and O–H groups in total. The van der Waals surface area contributed by atoms with Gasteiger partial charge in [0.15, 0.2) is 5.82 Å². The molecule has 7 nitrogen and oxygen atoms in total. The first kappa shape index (κ1) is 15.6. The monoisotopic (exact) mass is 336 g/mol. The number of aryl methyl sites for hydroxylation is 1. The summed E-state index contributed by atoms with van der Waals surface area (Å²) in [5.74, 6) is 0.721. The normalized spacial score (nSPS) is 17.6. The molecule has 0 aliphatic carbocycles. The van der Waals surface area contributed by atoms with E-state index in [0.29, 0.717) is 17.9 Å². The quantitative estimate of drug-likeness (QED) is 0.736. The van der Waals surface area contributed by atoms with Crippen LogP contribution in [0.25, 0.3) is 5.82 Å². The smallest absolute Gasteiger partial charge is 0.255 e. The first-order valence-electron chi connectivity index (χ1n) is 8.47. The fourth-order valence-corrected chi connectivity index (χ4v) is 3.22. The van der Waals surface area contributed by atoms with Crippen molar-refractivity contribution in [2.45, 2.75) is 25.8 Å². The van der Waals surface area contributed by atoms with Crippen molar-refractivity contribution in [3.63, 3.8) is 0 Å². The van der Waals surface area contributed by atoms with Crippen LogP contribution >= 0.6 is 0 Å². The highest BCUT2D eigenvalue weighted by Gasteiger charge is 2.26. The summed E-state index contributed by atoms with van der Waals surface area (Å²) >= 11 is 0. The van der Waals surface area contributed by atoms with Crippen LogP contribution in [0.15, 0.2) is 49.2 Å². The molecule has 1 fully saturated rings. The summed E-state index contributed by atoms with van der Waals surface area (Å²) in [7, 11) is 0. The molecule has 7 heteroatoms. The van der Waals surface area contributed by atoms with Crippen LogP contribution in [0.2, 0.25) is 0 Å². The summed E-state index contributed by atoms with van der Waals surface area (Å²) in [4.78, 5) is 19.1. The number of aromatic nitrogens is 5. The molecule has 0 saturated carbocycles. The van der Waals surface area contributed by atoms with E-state index < -0.39 is 0 Å². The number of nitrogens with zero attached hydrogens (tertiary/aromatic N) is 6. The van der Waals surface area contributed by atoms with E-state index in [2.05, 4.69) is 15.2 Å². The van der Waals surface area contributed by atoms with Gasteiger partial charge in [-0.1, -0.05) is 0 Å². The molecule has 3 aromatic rings. The molecule has 1 atom stereocenters. The zero-order valence-electron chi connectivity index (χ0n) is 14.1. The van der Waals surface area contributed by atoms with Gasteiger partial charge in [0.2, 0.25) is 0 Å². The first-order chi connectivity index (χ1) is 12.2. The van der Waals surface area contributed by atoms with Crippen molar-refractivity contribution in [3.05, 3.63) is 60.3 Å². The predicted molar refractivity (Wildman–Crippen MR) is 92.5 cm³/mol. The molecule has 1 aliphatic rings. The summed E-state index contributed by atoms with van der Waals surface area (Å²) in [6, 6.07) is 5.71. The van der Waals surface area contributed by atoms with Gasteiger partial charge < -0.3 is 4.90 Å². The largest absolute Gasteiger partial charge is 0.336 e. The van der Waals surface area contributed by atoms with Crippen LogP contribution in [0.1, 0.15) is 34.8 Å². The number of rotatable bonds is 3. The third-order valence-corrected chi connectivity index (χ3v) is 4.52. The Kier molecular flexibility index (Phi) is 4.05. The fraction of sp³-hybridized carbons (Fsp3) is 0.333. The molecule has 25 heavy (non-hydrogen) atoms. The molecular formula is C18H20N6O. The molecule has 3 aromatic heterocycles. The van der Waals surface area contributed by atoms with Gasteiger partial charge in [0, 0.05) is 37.9 Å². The van der Waals surface area contributed by atoms with Crippen molar-refractivity contribution in [1.29, 1.82) is 0 Å². The van der Waals surface area contributed by atoms with E-state index in [9.17, 15) is 4.79 Å². The molecule has 1 amide bonds. The highest BCUT2D eigenvalue weighted by Crippen LogP contribution is 2.22. The summed E-state index contributed by atoms with van der Waals surface area (Å²) in [5, 5.41) is 8.55. The van der Waals surface area contributed by atoms with Crippen molar-refractivity contribution in [2.75, 3.05) is 13.1 Å². The van der Waals surface area contributed by atoms with E-state index in [0.717, 1.165) is 24.9 Å². The number of piperidine rings is 1. The maximum absolute atomic E-state index is 12.8. The molecular weight excluding hydrogens is 316 g/mol. The maximum atomic E-state index is 12.8. The Morgan fingerprint density at radius 3 is 2.84 bits per heavy atom. The Labute approximate surface area is 145 Å². The summed E-state index contributed by atoms with van der Waals surface area (Å²) in [6.07, 6.45) is 11.1. The zero-order chi connectivity index (χ0) is 17.2. The van der Waals surface area contributed by atoms with Crippen LogP contribution in [0.3, 0.4) is 0 Å². The second-order valence-electron chi connectivity index (χ2n) is 6.40. The lowest BCUT2D eigenvalue weighted by Crippen LogP contribution is -2.40. The Morgan fingerprint density at radius 2 is 2.16 bits per heavy atom. The van der Waals surface area contributed by atoms with E-state index in [-0.39, 0.29) is 11.9 Å². The first-order valence-corrected chi connectivity index (χ1v) is 8.47. The van der Waals surface area contributed by atoms with Crippen molar-refractivity contribution < 1.29 is 4.79 Å². The molecule has 1 saturated heterocycles. The lowest BCUT2D eigenvalue weighted by atomic mass is 10.0. The molecule has 0 bridgehead atoms. The molecule has 0 radical (unpaired) electrons. The minimum Gasteiger partial charge on any atom is -0.336 e. The van der Waals surface area contributed by atoms with Gasteiger partial charge in [-0.25, -0.2) is 9.67 Å². The zero-order valence-corrected chi connectivity index (χ0v) is 14.1. The van der Waals surface area contributed by atoms with E-state index in [4.69, 9.17) is 0 Å². The van der Waals surface area contributed by atoms with Crippen molar-refractivity contribution in [2.24, 2.45) is 0 Å². The van der Waals surface area contributed by atoms with Crippen LogP contribution in [0, 0.1) is 6.92 Å². The SMILES string of the molecule is Cc1cnn([C@H]2CCCN(C(=O)c3ccc(-n4cccn4)nc3)C2)c1. The summed E-state index contributed by atoms with van der Waals surface area (Å²) in [6.45, 7) is 3.49. The number of carbonyl (C=O) groups is 1. The molecule has 0 aromatic carbocycles. The van der Waals surface area contributed by atoms with E-state index in [1.165, 1.54) is 0 Å². The van der Waals surface area contributed by atoms with Crippen molar-refractivity contribution in [1.82, 2.24) is 29.4 Å². The lowest BCUT2D eigenvalue weighted by Gasteiger charge is -2.32. The third-order valence-electron chi connectivity index (χ3n) is 4.52.